The second-order valence-corrected chi connectivity index (χ2v) is 5.38. The van der Waals surface area contributed by atoms with Gasteiger partial charge in [0, 0.05) is 0 Å². The highest BCUT2D eigenvalue weighted by Crippen LogP contribution is 2.22. The number of hydrogen-bond acceptors (Lipinski definition) is 2. The monoisotopic (exact) mass is 250 g/mol. The van der Waals surface area contributed by atoms with Crippen LogP contribution in [0, 0.1) is 5.92 Å². The number of carboxylic acid groups (broad SMARTS) is 2. The Kier molecular flexibility index (Phi) is 4.11. The van der Waals surface area contributed by atoms with Crippen LogP contribution < -0.4 is 0 Å². The van der Waals surface area contributed by atoms with E-state index < -0.39 is 17.9 Å². The molecule has 0 saturated carbocycles. The van der Waals surface area contributed by atoms with Gasteiger partial charge < -0.3 is 10.2 Å². The van der Waals surface area contributed by atoms with Gasteiger partial charge in [0.1, 0.15) is 0 Å². The molecule has 0 aromatic heterocycles. The van der Waals surface area contributed by atoms with Crippen molar-refractivity contribution in [2.45, 2.75) is 32.6 Å². The SMILES string of the molecule is CC(C)(C)c1ccc(CC(C(=O)O)C(=O)O)cc1. The van der Waals surface area contributed by atoms with Gasteiger partial charge in [-0.25, -0.2) is 0 Å². The predicted molar refractivity (Wildman–Crippen MR) is 67.6 cm³/mol. The highest BCUT2D eigenvalue weighted by Gasteiger charge is 2.26. The van der Waals surface area contributed by atoms with Crippen LogP contribution in [-0.4, -0.2) is 22.2 Å². The molecule has 0 amide bonds. The molecule has 4 heteroatoms. The van der Waals surface area contributed by atoms with E-state index in [0.717, 1.165) is 11.1 Å². The molecule has 0 radical (unpaired) electrons. The predicted octanol–water partition coefficient (Wildman–Crippen LogP) is 2.31. The Bertz CT molecular complexity index is 426. The maximum absolute atomic E-state index is 10.8. The van der Waals surface area contributed by atoms with Crippen molar-refractivity contribution < 1.29 is 19.8 Å². The van der Waals surface area contributed by atoms with Crippen molar-refractivity contribution in [1.29, 1.82) is 0 Å². The molecule has 0 saturated heterocycles. The third-order valence-electron chi connectivity index (χ3n) is 2.86. The van der Waals surface area contributed by atoms with E-state index in [1.54, 1.807) is 12.1 Å². The van der Waals surface area contributed by atoms with Gasteiger partial charge in [0.25, 0.3) is 0 Å². The number of benzene rings is 1. The third kappa shape index (κ3) is 3.58. The van der Waals surface area contributed by atoms with E-state index in [0.29, 0.717) is 0 Å². The third-order valence-corrected chi connectivity index (χ3v) is 2.86. The minimum absolute atomic E-state index is 0.00902. The van der Waals surface area contributed by atoms with Gasteiger partial charge in [-0.1, -0.05) is 45.0 Å². The molecule has 0 spiro atoms. The number of carboxylic acids is 2. The maximum atomic E-state index is 10.8. The first kappa shape index (κ1) is 14.2. The number of hydrogen-bond donors (Lipinski definition) is 2. The van der Waals surface area contributed by atoms with Gasteiger partial charge in [0.05, 0.1) is 0 Å². The highest BCUT2D eigenvalue weighted by atomic mass is 16.4. The summed E-state index contributed by atoms with van der Waals surface area (Å²) < 4.78 is 0. The minimum Gasteiger partial charge on any atom is -0.481 e. The maximum Gasteiger partial charge on any atom is 0.318 e. The Morgan fingerprint density at radius 2 is 1.50 bits per heavy atom. The van der Waals surface area contributed by atoms with Crippen LogP contribution in [0.5, 0.6) is 0 Å². The lowest BCUT2D eigenvalue weighted by atomic mass is 9.86. The molecule has 1 aromatic carbocycles. The lowest BCUT2D eigenvalue weighted by Gasteiger charge is -2.19. The van der Waals surface area contributed by atoms with Gasteiger partial charge in [-0.2, -0.15) is 0 Å². The van der Waals surface area contributed by atoms with E-state index in [-0.39, 0.29) is 11.8 Å². The molecular weight excluding hydrogens is 232 g/mol. The van der Waals surface area contributed by atoms with Gasteiger partial charge in [0.15, 0.2) is 5.92 Å². The molecule has 2 N–H and O–H groups in total. The summed E-state index contributed by atoms with van der Waals surface area (Å²) in [6, 6.07) is 7.41. The first-order valence-corrected chi connectivity index (χ1v) is 5.77. The summed E-state index contributed by atoms with van der Waals surface area (Å²) >= 11 is 0. The average Bonchev–Trinajstić information content (AvgIpc) is 2.24. The molecule has 18 heavy (non-hydrogen) atoms. The molecule has 98 valence electrons. The minimum atomic E-state index is -1.38. The smallest absolute Gasteiger partial charge is 0.318 e. The molecule has 0 atom stereocenters. The van der Waals surface area contributed by atoms with Crippen molar-refractivity contribution in [3.63, 3.8) is 0 Å². The quantitative estimate of drug-likeness (QED) is 0.804. The molecule has 0 aliphatic rings. The lowest BCUT2D eigenvalue weighted by Crippen LogP contribution is -2.25. The van der Waals surface area contributed by atoms with E-state index in [1.807, 2.05) is 12.1 Å². The first-order valence-electron chi connectivity index (χ1n) is 5.77. The van der Waals surface area contributed by atoms with Gasteiger partial charge in [-0.3, -0.25) is 9.59 Å². The Morgan fingerprint density at radius 1 is 1.06 bits per heavy atom. The van der Waals surface area contributed by atoms with Crippen molar-refractivity contribution in [2.24, 2.45) is 5.92 Å². The van der Waals surface area contributed by atoms with Crippen molar-refractivity contribution in [3.8, 4) is 0 Å². The van der Waals surface area contributed by atoms with E-state index in [1.165, 1.54) is 0 Å². The van der Waals surface area contributed by atoms with Gasteiger partial charge >= 0.3 is 11.9 Å². The molecule has 4 nitrogen and oxygen atoms in total. The number of carbonyl (C=O) groups is 2. The van der Waals surface area contributed by atoms with E-state index in [4.69, 9.17) is 10.2 Å². The summed E-state index contributed by atoms with van der Waals surface area (Å²) in [5.41, 5.74) is 1.88. The Morgan fingerprint density at radius 3 is 1.83 bits per heavy atom. The molecule has 1 rings (SSSR count). The summed E-state index contributed by atoms with van der Waals surface area (Å²) in [7, 11) is 0. The molecule has 1 aromatic rings. The molecule has 0 aliphatic heterocycles. The zero-order valence-electron chi connectivity index (χ0n) is 10.8. The van der Waals surface area contributed by atoms with Crippen LogP contribution >= 0.6 is 0 Å². The fourth-order valence-corrected chi connectivity index (χ4v) is 1.66. The Labute approximate surface area is 106 Å². The lowest BCUT2D eigenvalue weighted by molar-refractivity contribution is -0.154. The van der Waals surface area contributed by atoms with Crippen LogP contribution in [0.15, 0.2) is 24.3 Å². The summed E-state index contributed by atoms with van der Waals surface area (Å²) in [6.07, 6.45) is 0.00902. The molecule has 0 unspecified atom stereocenters. The number of rotatable bonds is 4. The molecule has 0 fully saturated rings. The van der Waals surface area contributed by atoms with Crippen molar-refractivity contribution in [1.82, 2.24) is 0 Å². The van der Waals surface area contributed by atoms with Gasteiger partial charge in [-0.05, 0) is 23.0 Å². The van der Waals surface area contributed by atoms with E-state index in [9.17, 15) is 9.59 Å². The van der Waals surface area contributed by atoms with Crippen LogP contribution in [0.2, 0.25) is 0 Å². The van der Waals surface area contributed by atoms with Crippen LogP contribution in [0.4, 0.5) is 0 Å². The van der Waals surface area contributed by atoms with Crippen LogP contribution in [0.1, 0.15) is 31.9 Å². The fraction of sp³-hybridized carbons (Fsp3) is 0.429. The molecular formula is C14H18O4. The summed E-state index contributed by atoms with van der Waals surface area (Å²) in [5, 5.41) is 17.6. The Balaban J connectivity index is 2.86. The summed E-state index contributed by atoms with van der Waals surface area (Å²) in [6.45, 7) is 6.25. The summed E-state index contributed by atoms with van der Waals surface area (Å²) in [5.74, 6) is -3.99. The highest BCUT2D eigenvalue weighted by molar-refractivity contribution is 5.93. The van der Waals surface area contributed by atoms with Crippen molar-refractivity contribution in [2.75, 3.05) is 0 Å². The molecule has 0 aliphatic carbocycles. The normalized spacial score (nSPS) is 11.6. The zero-order valence-corrected chi connectivity index (χ0v) is 10.8. The van der Waals surface area contributed by atoms with E-state index in [2.05, 4.69) is 20.8 Å². The van der Waals surface area contributed by atoms with Crippen molar-refractivity contribution in [3.05, 3.63) is 35.4 Å². The average molecular weight is 250 g/mol. The second kappa shape index (κ2) is 5.21. The summed E-state index contributed by atoms with van der Waals surface area (Å²) in [4.78, 5) is 21.6. The van der Waals surface area contributed by atoms with Gasteiger partial charge in [-0.15, -0.1) is 0 Å². The largest absolute Gasteiger partial charge is 0.481 e. The van der Waals surface area contributed by atoms with Crippen molar-refractivity contribution >= 4 is 11.9 Å². The zero-order chi connectivity index (χ0) is 13.9. The van der Waals surface area contributed by atoms with Crippen LogP contribution in [0.3, 0.4) is 0 Å². The Hall–Kier alpha value is -1.84. The van der Waals surface area contributed by atoms with Crippen LogP contribution in [-0.2, 0) is 21.4 Å². The fourth-order valence-electron chi connectivity index (χ4n) is 1.66. The first-order chi connectivity index (χ1) is 8.21. The molecule has 0 bridgehead atoms. The standard InChI is InChI=1S/C14H18O4/c1-14(2,3)10-6-4-9(5-7-10)8-11(12(15)16)13(17)18/h4-7,11H,8H2,1-3H3,(H,15,16)(H,17,18). The van der Waals surface area contributed by atoms with E-state index >= 15 is 0 Å². The number of aliphatic carboxylic acids is 2. The molecule has 0 heterocycles. The topological polar surface area (TPSA) is 74.6 Å². The van der Waals surface area contributed by atoms with Gasteiger partial charge in [0.2, 0.25) is 0 Å². The van der Waals surface area contributed by atoms with Crippen LogP contribution in [0.25, 0.3) is 0 Å². The second-order valence-electron chi connectivity index (χ2n) is 5.38.